The van der Waals surface area contributed by atoms with Crippen molar-refractivity contribution in [1.82, 2.24) is 4.90 Å². The molecule has 0 radical (unpaired) electrons. The van der Waals surface area contributed by atoms with E-state index in [1.54, 1.807) is 0 Å². The summed E-state index contributed by atoms with van der Waals surface area (Å²) < 4.78 is 0. The van der Waals surface area contributed by atoms with E-state index in [0.29, 0.717) is 11.8 Å². The average molecular weight is 366 g/mol. The minimum Gasteiger partial charge on any atom is -0.337 e. The van der Waals surface area contributed by atoms with Crippen molar-refractivity contribution in [1.29, 1.82) is 0 Å². The number of carbonyl (C=O) groups excluding carboxylic acids is 1. The second-order valence-corrected chi connectivity index (χ2v) is 8.95. The number of piperidine rings is 1. The number of carbonyl (C=O) groups is 1. The van der Waals surface area contributed by atoms with Crippen molar-refractivity contribution in [3.63, 3.8) is 0 Å². The van der Waals surface area contributed by atoms with Crippen LogP contribution in [0.4, 0.5) is 0 Å². The van der Waals surface area contributed by atoms with E-state index in [9.17, 15) is 4.79 Å². The molecule has 154 valence electrons. The van der Waals surface area contributed by atoms with Gasteiger partial charge in [0.2, 0.25) is 5.91 Å². The van der Waals surface area contributed by atoms with Crippen LogP contribution in [-0.4, -0.2) is 22.9 Å². The smallest absolute Gasteiger partial charge is 0.223 e. The van der Waals surface area contributed by atoms with Gasteiger partial charge in [-0.05, 0) is 32.1 Å². The topological polar surface area (TPSA) is 20.3 Å². The third-order valence-electron chi connectivity index (χ3n) is 6.83. The fraction of sp³-hybridized carbons (Fsp3) is 0.958. The third kappa shape index (κ3) is 8.44. The van der Waals surface area contributed by atoms with Crippen molar-refractivity contribution in [3.8, 4) is 0 Å². The van der Waals surface area contributed by atoms with E-state index < -0.39 is 0 Å². The van der Waals surface area contributed by atoms with Crippen molar-refractivity contribution in [2.24, 2.45) is 5.92 Å². The van der Waals surface area contributed by atoms with E-state index in [0.717, 1.165) is 25.8 Å². The molecule has 0 aromatic heterocycles. The molecule has 1 aliphatic heterocycles. The molecule has 2 atom stereocenters. The van der Waals surface area contributed by atoms with Gasteiger partial charge in [-0.25, -0.2) is 0 Å². The third-order valence-corrected chi connectivity index (χ3v) is 6.83. The van der Waals surface area contributed by atoms with Gasteiger partial charge in [-0.1, -0.05) is 97.8 Å². The maximum absolute atomic E-state index is 12.6. The van der Waals surface area contributed by atoms with Crippen molar-refractivity contribution >= 4 is 5.91 Å². The van der Waals surface area contributed by atoms with Gasteiger partial charge in [0.25, 0.3) is 0 Å². The zero-order valence-corrected chi connectivity index (χ0v) is 18.5. The highest BCUT2D eigenvalue weighted by atomic mass is 16.2. The molecule has 0 N–H and O–H groups in total. The first-order chi connectivity index (χ1) is 12.6. The van der Waals surface area contributed by atoms with Gasteiger partial charge in [0.05, 0.1) is 0 Å². The Balaban J connectivity index is 2.14. The van der Waals surface area contributed by atoms with E-state index in [2.05, 4.69) is 32.6 Å². The molecule has 0 bridgehead atoms. The maximum Gasteiger partial charge on any atom is 0.223 e. The lowest BCUT2D eigenvalue weighted by Crippen LogP contribution is -2.52. The molecule has 1 fully saturated rings. The Morgan fingerprint density at radius 2 is 1.42 bits per heavy atom. The fourth-order valence-corrected chi connectivity index (χ4v) is 4.49. The van der Waals surface area contributed by atoms with Gasteiger partial charge >= 0.3 is 0 Å². The predicted molar refractivity (Wildman–Crippen MR) is 115 cm³/mol. The first-order valence-electron chi connectivity index (χ1n) is 11.9. The second-order valence-electron chi connectivity index (χ2n) is 8.95. The maximum atomic E-state index is 12.6. The van der Waals surface area contributed by atoms with Crippen molar-refractivity contribution in [2.75, 3.05) is 6.54 Å². The van der Waals surface area contributed by atoms with Crippen LogP contribution in [0, 0.1) is 5.92 Å². The highest BCUT2D eigenvalue weighted by Gasteiger charge is 2.36. The molecule has 0 saturated carbocycles. The Kier molecular flexibility index (Phi) is 12.3. The van der Waals surface area contributed by atoms with Crippen LogP contribution in [-0.2, 0) is 4.79 Å². The molecule has 26 heavy (non-hydrogen) atoms. The number of nitrogens with zero attached hydrogens (tertiary/aromatic N) is 1. The van der Waals surface area contributed by atoms with Crippen LogP contribution in [0.25, 0.3) is 0 Å². The van der Waals surface area contributed by atoms with Gasteiger partial charge in [-0.2, -0.15) is 0 Å². The quantitative estimate of drug-likeness (QED) is 0.275. The molecule has 1 amide bonds. The Morgan fingerprint density at radius 3 is 1.88 bits per heavy atom. The van der Waals surface area contributed by atoms with Gasteiger partial charge in [0, 0.05) is 18.5 Å². The molecule has 0 aliphatic carbocycles. The summed E-state index contributed by atoms with van der Waals surface area (Å²) in [6.45, 7) is 10.1. The highest BCUT2D eigenvalue weighted by molar-refractivity contribution is 5.78. The van der Waals surface area contributed by atoms with E-state index in [4.69, 9.17) is 0 Å². The van der Waals surface area contributed by atoms with Crippen LogP contribution in [0.2, 0.25) is 0 Å². The molecular weight excluding hydrogens is 318 g/mol. The monoisotopic (exact) mass is 365 g/mol. The van der Waals surface area contributed by atoms with Crippen LogP contribution in [0.15, 0.2) is 0 Å². The van der Waals surface area contributed by atoms with E-state index in [-0.39, 0.29) is 5.54 Å². The Morgan fingerprint density at radius 1 is 0.885 bits per heavy atom. The van der Waals surface area contributed by atoms with Gasteiger partial charge in [0.1, 0.15) is 0 Å². The van der Waals surface area contributed by atoms with Crippen LogP contribution in [0.3, 0.4) is 0 Å². The fourth-order valence-electron chi connectivity index (χ4n) is 4.49. The first-order valence-corrected chi connectivity index (χ1v) is 11.9. The van der Waals surface area contributed by atoms with Gasteiger partial charge in [-0.15, -0.1) is 0 Å². The minimum absolute atomic E-state index is 0.0923. The summed E-state index contributed by atoms with van der Waals surface area (Å²) in [4.78, 5) is 14.8. The molecule has 0 aromatic rings. The summed E-state index contributed by atoms with van der Waals surface area (Å²) in [6.07, 6.45) is 20.7. The summed E-state index contributed by atoms with van der Waals surface area (Å²) in [6, 6.07) is 0. The molecule has 2 nitrogen and oxygen atoms in total. The van der Waals surface area contributed by atoms with Crippen LogP contribution >= 0.6 is 0 Å². The normalized spacial score (nSPS) is 20.4. The summed E-state index contributed by atoms with van der Waals surface area (Å²) in [7, 11) is 0. The molecule has 1 rings (SSSR count). The molecule has 1 heterocycles. The van der Waals surface area contributed by atoms with Crippen LogP contribution < -0.4 is 0 Å². The second kappa shape index (κ2) is 13.6. The largest absolute Gasteiger partial charge is 0.337 e. The predicted octanol–water partition coefficient (Wildman–Crippen LogP) is 7.50. The molecule has 0 spiro atoms. The van der Waals surface area contributed by atoms with Crippen molar-refractivity contribution < 1.29 is 4.79 Å². The summed E-state index contributed by atoms with van der Waals surface area (Å²) in [5.74, 6) is 1.04. The number of unbranched alkanes of at least 4 members (excludes halogenated alkanes) is 10. The summed E-state index contributed by atoms with van der Waals surface area (Å²) in [5, 5.41) is 0. The SMILES string of the molecule is CCCCCCCCCCCCCC(C)(CC)N1CCC(CC)CC1=O. The first kappa shape index (κ1) is 23.5. The standard InChI is InChI=1S/C24H47NO/c1-5-8-9-10-11-12-13-14-15-16-17-19-24(4,7-3)25-20-18-22(6-2)21-23(25)26/h22H,5-21H2,1-4H3. The number of hydrogen-bond donors (Lipinski definition) is 0. The molecular formula is C24H47NO. The van der Waals surface area contributed by atoms with Gasteiger partial charge in [-0.3, -0.25) is 4.79 Å². The lowest BCUT2D eigenvalue weighted by molar-refractivity contribution is -0.142. The minimum atomic E-state index is 0.0923. The van der Waals surface area contributed by atoms with Gasteiger partial charge < -0.3 is 4.90 Å². The van der Waals surface area contributed by atoms with Crippen molar-refractivity contribution in [2.45, 2.75) is 136 Å². The zero-order valence-electron chi connectivity index (χ0n) is 18.5. The molecule has 2 unspecified atom stereocenters. The van der Waals surface area contributed by atoms with Gasteiger partial charge in [0.15, 0.2) is 0 Å². The Hall–Kier alpha value is -0.530. The number of hydrogen-bond acceptors (Lipinski definition) is 1. The summed E-state index contributed by atoms with van der Waals surface area (Å²) in [5.41, 5.74) is 0.0923. The van der Waals surface area contributed by atoms with Crippen LogP contribution in [0.5, 0.6) is 0 Å². The lowest BCUT2D eigenvalue weighted by Gasteiger charge is -2.45. The van der Waals surface area contributed by atoms with E-state index >= 15 is 0 Å². The van der Waals surface area contributed by atoms with E-state index in [1.807, 2.05) is 0 Å². The summed E-state index contributed by atoms with van der Waals surface area (Å²) >= 11 is 0. The molecule has 0 aromatic carbocycles. The Labute approximate surface area is 164 Å². The zero-order chi connectivity index (χ0) is 19.3. The lowest BCUT2D eigenvalue weighted by atomic mass is 9.84. The Bertz CT molecular complexity index is 367. The molecule has 2 heteroatoms. The highest BCUT2D eigenvalue weighted by Crippen LogP contribution is 2.32. The van der Waals surface area contributed by atoms with Crippen LogP contribution in [0.1, 0.15) is 130 Å². The number of rotatable bonds is 15. The van der Waals surface area contributed by atoms with Crippen molar-refractivity contribution in [3.05, 3.63) is 0 Å². The number of likely N-dealkylation sites (tertiary alicyclic amines) is 1. The number of amides is 1. The molecule has 1 aliphatic rings. The van der Waals surface area contributed by atoms with E-state index in [1.165, 1.54) is 83.5 Å². The molecule has 1 saturated heterocycles. The average Bonchev–Trinajstić information content (AvgIpc) is 2.65.